The SMILES string of the molecule is CCc1cc(C(=O)NCc2cc(C)on2)cc(NC)n1. The fourth-order valence-corrected chi connectivity index (χ4v) is 1.80. The first-order chi connectivity index (χ1) is 9.62. The van der Waals surface area contributed by atoms with Crippen LogP contribution in [0.1, 0.15) is 34.4 Å². The fourth-order valence-electron chi connectivity index (χ4n) is 1.80. The number of pyridine rings is 1. The number of aryl methyl sites for hydroxylation is 2. The average Bonchev–Trinajstić information content (AvgIpc) is 2.89. The van der Waals surface area contributed by atoms with E-state index in [1.807, 2.05) is 13.8 Å². The topological polar surface area (TPSA) is 80.0 Å². The van der Waals surface area contributed by atoms with E-state index in [-0.39, 0.29) is 5.91 Å². The lowest BCUT2D eigenvalue weighted by molar-refractivity contribution is 0.0950. The predicted octanol–water partition coefficient (Wildman–Crippen LogP) is 1.91. The molecule has 2 heterocycles. The number of amides is 1. The highest BCUT2D eigenvalue weighted by molar-refractivity contribution is 5.94. The molecular weight excluding hydrogens is 256 g/mol. The van der Waals surface area contributed by atoms with Gasteiger partial charge in [0.15, 0.2) is 0 Å². The van der Waals surface area contributed by atoms with Crippen molar-refractivity contribution >= 4 is 11.7 Å². The summed E-state index contributed by atoms with van der Waals surface area (Å²) in [5.74, 6) is 1.26. The van der Waals surface area contributed by atoms with Crippen molar-refractivity contribution in [1.29, 1.82) is 0 Å². The van der Waals surface area contributed by atoms with E-state index in [0.717, 1.165) is 17.9 Å². The number of rotatable bonds is 5. The van der Waals surface area contributed by atoms with Crippen molar-refractivity contribution in [2.75, 3.05) is 12.4 Å². The molecule has 1 amide bonds. The van der Waals surface area contributed by atoms with Crippen molar-refractivity contribution in [2.24, 2.45) is 0 Å². The maximum Gasteiger partial charge on any atom is 0.251 e. The van der Waals surface area contributed by atoms with Crippen molar-refractivity contribution < 1.29 is 9.32 Å². The monoisotopic (exact) mass is 274 g/mol. The van der Waals surface area contributed by atoms with E-state index in [1.165, 1.54) is 0 Å². The van der Waals surface area contributed by atoms with E-state index in [2.05, 4.69) is 20.8 Å². The first-order valence-corrected chi connectivity index (χ1v) is 6.51. The molecule has 0 saturated carbocycles. The molecule has 0 aliphatic rings. The van der Waals surface area contributed by atoms with Crippen LogP contribution in [-0.4, -0.2) is 23.1 Å². The second-order valence-electron chi connectivity index (χ2n) is 4.45. The summed E-state index contributed by atoms with van der Waals surface area (Å²) in [5.41, 5.74) is 2.16. The van der Waals surface area contributed by atoms with Gasteiger partial charge < -0.3 is 15.2 Å². The van der Waals surface area contributed by atoms with Crippen molar-refractivity contribution in [1.82, 2.24) is 15.5 Å². The van der Waals surface area contributed by atoms with Crippen LogP contribution in [0.4, 0.5) is 5.82 Å². The van der Waals surface area contributed by atoms with Crippen LogP contribution in [0.5, 0.6) is 0 Å². The van der Waals surface area contributed by atoms with Gasteiger partial charge in [-0.05, 0) is 25.5 Å². The third-order valence-corrected chi connectivity index (χ3v) is 2.87. The zero-order chi connectivity index (χ0) is 14.5. The van der Waals surface area contributed by atoms with Gasteiger partial charge in [0.2, 0.25) is 0 Å². The van der Waals surface area contributed by atoms with Crippen LogP contribution in [0, 0.1) is 6.92 Å². The molecule has 0 bridgehead atoms. The van der Waals surface area contributed by atoms with E-state index in [4.69, 9.17) is 4.52 Å². The Morgan fingerprint density at radius 2 is 2.10 bits per heavy atom. The molecule has 0 aliphatic carbocycles. The van der Waals surface area contributed by atoms with Crippen LogP contribution in [-0.2, 0) is 13.0 Å². The smallest absolute Gasteiger partial charge is 0.251 e. The normalized spacial score (nSPS) is 10.3. The van der Waals surface area contributed by atoms with Gasteiger partial charge in [-0.25, -0.2) is 4.98 Å². The van der Waals surface area contributed by atoms with Crippen LogP contribution < -0.4 is 10.6 Å². The molecule has 106 valence electrons. The lowest BCUT2D eigenvalue weighted by atomic mass is 10.2. The summed E-state index contributed by atoms with van der Waals surface area (Å²) in [6.45, 7) is 4.16. The van der Waals surface area contributed by atoms with Crippen LogP contribution in [0.25, 0.3) is 0 Å². The Kier molecular flexibility index (Phi) is 4.34. The molecule has 0 spiro atoms. The largest absolute Gasteiger partial charge is 0.373 e. The van der Waals surface area contributed by atoms with Crippen molar-refractivity contribution in [2.45, 2.75) is 26.8 Å². The molecule has 0 aromatic carbocycles. The maximum atomic E-state index is 12.1. The first kappa shape index (κ1) is 14.0. The quantitative estimate of drug-likeness (QED) is 0.870. The van der Waals surface area contributed by atoms with Crippen molar-refractivity contribution in [3.8, 4) is 0 Å². The number of carbonyl (C=O) groups is 1. The molecule has 0 radical (unpaired) electrons. The summed E-state index contributed by atoms with van der Waals surface area (Å²) in [7, 11) is 1.78. The number of nitrogens with one attached hydrogen (secondary N) is 2. The van der Waals surface area contributed by atoms with Gasteiger partial charge in [-0.3, -0.25) is 4.79 Å². The van der Waals surface area contributed by atoms with Gasteiger partial charge >= 0.3 is 0 Å². The second kappa shape index (κ2) is 6.18. The Bertz CT molecular complexity index is 585. The molecule has 0 unspecified atom stereocenters. The summed E-state index contributed by atoms with van der Waals surface area (Å²) in [4.78, 5) is 16.5. The molecule has 0 atom stereocenters. The van der Waals surface area contributed by atoms with E-state index >= 15 is 0 Å². The Labute approximate surface area is 117 Å². The highest BCUT2D eigenvalue weighted by atomic mass is 16.5. The molecule has 2 rings (SSSR count). The molecule has 6 heteroatoms. The maximum absolute atomic E-state index is 12.1. The number of hydrogen-bond donors (Lipinski definition) is 2. The van der Waals surface area contributed by atoms with Crippen LogP contribution in [0.3, 0.4) is 0 Å². The summed E-state index contributed by atoms with van der Waals surface area (Å²) in [6, 6.07) is 5.32. The molecule has 2 aromatic rings. The predicted molar refractivity (Wildman–Crippen MR) is 75.6 cm³/mol. The van der Waals surface area contributed by atoms with Gasteiger partial charge in [-0.2, -0.15) is 0 Å². The number of nitrogens with zero attached hydrogens (tertiary/aromatic N) is 2. The Morgan fingerprint density at radius 1 is 1.30 bits per heavy atom. The molecule has 6 nitrogen and oxygen atoms in total. The van der Waals surface area contributed by atoms with Crippen LogP contribution >= 0.6 is 0 Å². The van der Waals surface area contributed by atoms with Gasteiger partial charge in [0.1, 0.15) is 17.3 Å². The Balaban J connectivity index is 2.08. The third kappa shape index (κ3) is 3.34. The fraction of sp³-hybridized carbons (Fsp3) is 0.357. The molecule has 2 N–H and O–H groups in total. The summed E-state index contributed by atoms with van der Waals surface area (Å²) < 4.78 is 4.95. The van der Waals surface area contributed by atoms with Gasteiger partial charge in [0, 0.05) is 24.4 Å². The first-order valence-electron chi connectivity index (χ1n) is 6.51. The molecule has 20 heavy (non-hydrogen) atoms. The molecule has 0 fully saturated rings. The van der Waals surface area contributed by atoms with E-state index in [9.17, 15) is 4.79 Å². The second-order valence-corrected chi connectivity index (χ2v) is 4.45. The van der Waals surface area contributed by atoms with Crippen LogP contribution in [0.15, 0.2) is 22.7 Å². The van der Waals surface area contributed by atoms with Crippen LogP contribution in [0.2, 0.25) is 0 Å². The van der Waals surface area contributed by atoms with E-state index in [0.29, 0.717) is 23.6 Å². The van der Waals surface area contributed by atoms with Gasteiger partial charge in [-0.1, -0.05) is 12.1 Å². The number of anilines is 1. The van der Waals surface area contributed by atoms with E-state index < -0.39 is 0 Å². The minimum Gasteiger partial charge on any atom is -0.373 e. The average molecular weight is 274 g/mol. The zero-order valence-corrected chi connectivity index (χ0v) is 11.9. The van der Waals surface area contributed by atoms with E-state index in [1.54, 1.807) is 25.2 Å². The lowest BCUT2D eigenvalue weighted by Crippen LogP contribution is -2.23. The highest BCUT2D eigenvalue weighted by Gasteiger charge is 2.10. The number of aromatic nitrogens is 2. The molecule has 2 aromatic heterocycles. The lowest BCUT2D eigenvalue weighted by Gasteiger charge is -2.07. The van der Waals surface area contributed by atoms with Crippen molar-refractivity contribution in [3.05, 3.63) is 40.9 Å². The third-order valence-electron chi connectivity index (χ3n) is 2.87. The van der Waals surface area contributed by atoms with Crippen molar-refractivity contribution in [3.63, 3.8) is 0 Å². The highest BCUT2D eigenvalue weighted by Crippen LogP contribution is 2.11. The Morgan fingerprint density at radius 3 is 2.70 bits per heavy atom. The Hall–Kier alpha value is -2.37. The van der Waals surface area contributed by atoms with Gasteiger partial charge in [0.05, 0.1) is 6.54 Å². The number of hydrogen-bond acceptors (Lipinski definition) is 5. The summed E-state index contributed by atoms with van der Waals surface area (Å²) >= 11 is 0. The molecule has 0 saturated heterocycles. The molecular formula is C14H18N4O2. The summed E-state index contributed by atoms with van der Waals surface area (Å²) in [6.07, 6.45) is 0.776. The molecule has 0 aliphatic heterocycles. The standard InChI is InChI=1S/C14H18N4O2/c1-4-11-6-10(7-13(15-3)17-11)14(19)16-8-12-5-9(2)20-18-12/h5-7H,4,8H2,1-3H3,(H,15,17)(H,16,19). The minimum absolute atomic E-state index is 0.153. The van der Waals surface area contributed by atoms with Gasteiger partial charge in [0.25, 0.3) is 5.91 Å². The van der Waals surface area contributed by atoms with Gasteiger partial charge in [-0.15, -0.1) is 0 Å². The zero-order valence-electron chi connectivity index (χ0n) is 11.9. The minimum atomic E-state index is -0.153. The number of carbonyl (C=O) groups excluding carboxylic acids is 1. The summed E-state index contributed by atoms with van der Waals surface area (Å²) in [5, 5.41) is 9.60.